The summed E-state index contributed by atoms with van der Waals surface area (Å²) in [6.45, 7) is 8.84. The Kier molecular flexibility index (Phi) is 10.4. The summed E-state index contributed by atoms with van der Waals surface area (Å²) in [5.74, 6) is -0.555. The Hall–Kier alpha value is -3.26. The summed E-state index contributed by atoms with van der Waals surface area (Å²) in [5.41, 5.74) is 1.83. The van der Waals surface area contributed by atoms with Crippen molar-refractivity contribution in [3.63, 3.8) is 0 Å². The summed E-state index contributed by atoms with van der Waals surface area (Å²) >= 11 is 6.29. The van der Waals surface area contributed by atoms with Gasteiger partial charge in [-0.3, -0.25) is 10.1 Å². The van der Waals surface area contributed by atoms with E-state index >= 15 is 0 Å². The molecular formula is C26H34ClN3O5. The van der Waals surface area contributed by atoms with Crippen LogP contribution in [0.2, 0.25) is 5.02 Å². The van der Waals surface area contributed by atoms with Gasteiger partial charge >= 0.3 is 18.1 Å². The Morgan fingerprint density at radius 3 is 2.31 bits per heavy atom. The highest BCUT2D eigenvalue weighted by atomic mass is 35.5. The van der Waals surface area contributed by atoms with E-state index in [-0.39, 0.29) is 19.7 Å². The number of nitrogens with one attached hydrogen (secondary N) is 2. The van der Waals surface area contributed by atoms with Gasteiger partial charge in [0.2, 0.25) is 0 Å². The minimum atomic E-state index is -0.662. The molecule has 2 N–H and O–H groups in total. The van der Waals surface area contributed by atoms with Gasteiger partial charge in [-0.25, -0.2) is 9.59 Å². The Morgan fingerprint density at radius 1 is 1.06 bits per heavy atom. The standard InChI is InChI=1S/C26H34ClN3O5/c1-6-19-11-13-21(14-12-19)29-25(33)34-17-18(2)30(16-20-9-7-8-10-22(20)27)24(32)28-15-23(31)35-26(3,4)5/h7-14,18H,6,15-17H2,1-5H3,(H,28,32)(H,29,33)/t18-/m0/s1. The Labute approximate surface area is 211 Å². The average Bonchev–Trinajstić information content (AvgIpc) is 2.80. The maximum atomic E-state index is 13.0. The van der Waals surface area contributed by atoms with Crippen molar-refractivity contribution in [3.8, 4) is 0 Å². The zero-order chi connectivity index (χ0) is 26.0. The van der Waals surface area contributed by atoms with Gasteiger partial charge in [-0.15, -0.1) is 0 Å². The first kappa shape index (κ1) is 28.0. The van der Waals surface area contributed by atoms with Gasteiger partial charge in [0, 0.05) is 17.3 Å². The Morgan fingerprint density at radius 2 is 1.71 bits per heavy atom. The van der Waals surface area contributed by atoms with Crippen molar-refractivity contribution in [3.05, 3.63) is 64.7 Å². The van der Waals surface area contributed by atoms with Crippen LogP contribution in [0.4, 0.5) is 15.3 Å². The molecule has 3 amide bonds. The number of carbonyl (C=O) groups excluding carboxylic acids is 3. The summed E-state index contributed by atoms with van der Waals surface area (Å²) in [6, 6.07) is 13.6. The molecule has 35 heavy (non-hydrogen) atoms. The number of nitrogens with zero attached hydrogens (tertiary/aromatic N) is 1. The molecule has 2 rings (SSSR count). The quantitative estimate of drug-likeness (QED) is 0.447. The van der Waals surface area contributed by atoms with Crippen molar-refractivity contribution in [2.75, 3.05) is 18.5 Å². The number of amides is 3. The molecule has 1 atom stereocenters. The van der Waals surface area contributed by atoms with Crippen molar-refractivity contribution >= 4 is 35.4 Å². The number of hydrogen-bond donors (Lipinski definition) is 2. The molecule has 0 fully saturated rings. The molecule has 0 unspecified atom stereocenters. The number of ether oxygens (including phenoxy) is 2. The first-order valence-corrected chi connectivity index (χ1v) is 11.9. The minimum Gasteiger partial charge on any atom is -0.459 e. The van der Waals surface area contributed by atoms with Gasteiger partial charge in [0.15, 0.2) is 0 Å². The van der Waals surface area contributed by atoms with Gasteiger partial charge in [0.25, 0.3) is 0 Å². The zero-order valence-electron chi connectivity index (χ0n) is 20.9. The fraction of sp³-hybridized carbons (Fsp3) is 0.423. The number of urea groups is 1. The molecular weight excluding hydrogens is 470 g/mol. The van der Waals surface area contributed by atoms with Gasteiger partial charge in [0.1, 0.15) is 18.8 Å². The van der Waals surface area contributed by atoms with Crippen molar-refractivity contribution in [1.82, 2.24) is 10.2 Å². The summed E-state index contributed by atoms with van der Waals surface area (Å²) in [5, 5.41) is 5.75. The number of halogens is 1. The molecule has 0 bridgehead atoms. The summed E-state index contributed by atoms with van der Waals surface area (Å²) < 4.78 is 10.6. The number of hydrogen-bond acceptors (Lipinski definition) is 5. The molecule has 0 aliphatic carbocycles. The second-order valence-corrected chi connectivity index (χ2v) is 9.49. The summed E-state index contributed by atoms with van der Waals surface area (Å²) in [7, 11) is 0. The Balaban J connectivity index is 2.02. The van der Waals surface area contributed by atoms with E-state index in [0.29, 0.717) is 16.3 Å². The number of esters is 1. The van der Waals surface area contributed by atoms with Crippen molar-refractivity contribution in [2.24, 2.45) is 0 Å². The summed E-state index contributed by atoms with van der Waals surface area (Å²) in [4.78, 5) is 38.8. The van der Waals surface area contributed by atoms with Crippen LogP contribution in [0.25, 0.3) is 0 Å². The van der Waals surface area contributed by atoms with Crippen LogP contribution in [0, 0.1) is 0 Å². The second-order valence-electron chi connectivity index (χ2n) is 9.09. The van der Waals surface area contributed by atoms with E-state index in [9.17, 15) is 14.4 Å². The number of rotatable bonds is 9. The molecule has 0 spiro atoms. The van der Waals surface area contributed by atoms with Crippen LogP contribution in [0.3, 0.4) is 0 Å². The lowest BCUT2D eigenvalue weighted by molar-refractivity contribution is -0.153. The maximum Gasteiger partial charge on any atom is 0.411 e. The normalized spacial score (nSPS) is 11.8. The first-order chi connectivity index (χ1) is 16.5. The van der Waals surface area contributed by atoms with Crippen LogP contribution in [0.1, 0.15) is 45.7 Å². The van der Waals surface area contributed by atoms with Crippen LogP contribution in [0.15, 0.2) is 48.5 Å². The van der Waals surface area contributed by atoms with E-state index in [4.69, 9.17) is 21.1 Å². The second kappa shape index (κ2) is 13.0. The number of anilines is 1. The number of aryl methyl sites for hydroxylation is 1. The molecule has 0 aromatic heterocycles. The molecule has 2 aromatic rings. The van der Waals surface area contributed by atoms with E-state index in [1.54, 1.807) is 58.0 Å². The Bertz CT molecular complexity index is 1000. The fourth-order valence-corrected chi connectivity index (χ4v) is 3.32. The van der Waals surface area contributed by atoms with E-state index < -0.39 is 29.7 Å². The van der Waals surface area contributed by atoms with Crippen molar-refractivity contribution < 1.29 is 23.9 Å². The third-order valence-corrected chi connectivity index (χ3v) is 5.33. The van der Waals surface area contributed by atoms with Crippen LogP contribution in [0.5, 0.6) is 0 Å². The minimum absolute atomic E-state index is 0.0663. The highest BCUT2D eigenvalue weighted by Crippen LogP contribution is 2.19. The van der Waals surface area contributed by atoms with E-state index in [2.05, 4.69) is 17.6 Å². The SMILES string of the molecule is CCc1ccc(NC(=O)OC[C@H](C)N(Cc2ccccc2Cl)C(=O)NCC(=O)OC(C)(C)C)cc1. The highest BCUT2D eigenvalue weighted by molar-refractivity contribution is 6.31. The largest absolute Gasteiger partial charge is 0.459 e. The van der Waals surface area contributed by atoms with Gasteiger partial charge < -0.3 is 19.7 Å². The van der Waals surface area contributed by atoms with Gasteiger partial charge in [-0.2, -0.15) is 0 Å². The van der Waals surface area contributed by atoms with E-state index in [1.807, 2.05) is 18.2 Å². The lowest BCUT2D eigenvalue weighted by Crippen LogP contribution is -2.48. The topological polar surface area (TPSA) is 97.0 Å². The zero-order valence-corrected chi connectivity index (χ0v) is 21.6. The first-order valence-electron chi connectivity index (χ1n) is 11.5. The van der Waals surface area contributed by atoms with Gasteiger partial charge in [0.05, 0.1) is 6.04 Å². The van der Waals surface area contributed by atoms with E-state index in [1.165, 1.54) is 4.90 Å². The van der Waals surface area contributed by atoms with Crippen LogP contribution >= 0.6 is 11.6 Å². The van der Waals surface area contributed by atoms with Gasteiger partial charge in [-0.1, -0.05) is 48.9 Å². The maximum absolute atomic E-state index is 13.0. The fourth-order valence-electron chi connectivity index (χ4n) is 3.13. The monoisotopic (exact) mass is 503 g/mol. The lowest BCUT2D eigenvalue weighted by Gasteiger charge is -2.29. The molecule has 9 heteroatoms. The van der Waals surface area contributed by atoms with Crippen molar-refractivity contribution in [2.45, 2.75) is 59.2 Å². The highest BCUT2D eigenvalue weighted by Gasteiger charge is 2.24. The molecule has 0 radical (unpaired) electrons. The lowest BCUT2D eigenvalue weighted by atomic mass is 10.1. The number of carbonyl (C=O) groups is 3. The molecule has 190 valence electrons. The van der Waals surface area contributed by atoms with Gasteiger partial charge in [-0.05, 0) is 63.4 Å². The number of benzene rings is 2. The molecule has 2 aromatic carbocycles. The molecule has 0 saturated heterocycles. The van der Waals surface area contributed by atoms with E-state index in [0.717, 1.165) is 12.0 Å². The van der Waals surface area contributed by atoms with Crippen molar-refractivity contribution in [1.29, 1.82) is 0 Å². The molecule has 0 heterocycles. The molecule has 0 saturated carbocycles. The molecule has 0 aliphatic rings. The molecule has 8 nitrogen and oxygen atoms in total. The predicted octanol–water partition coefficient (Wildman–Crippen LogP) is 5.39. The summed E-state index contributed by atoms with van der Waals surface area (Å²) in [6.07, 6.45) is 0.271. The molecule has 0 aliphatic heterocycles. The third kappa shape index (κ3) is 9.86. The third-order valence-electron chi connectivity index (χ3n) is 4.96. The van der Waals surface area contributed by atoms with Crippen LogP contribution < -0.4 is 10.6 Å². The van der Waals surface area contributed by atoms with Crippen LogP contribution in [-0.2, 0) is 27.2 Å². The average molecular weight is 504 g/mol. The van der Waals surface area contributed by atoms with Crippen LogP contribution in [-0.4, -0.2) is 47.8 Å². The predicted molar refractivity (Wildman–Crippen MR) is 136 cm³/mol. The smallest absolute Gasteiger partial charge is 0.411 e.